The molecule has 1 aliphatic heterocycles. The number of thiophene rings is 1. The van der Waals surface area contributed by atoms with E-state index in [0.29, 0.717) is 6.54 Å². The van der Waals surface area contributed by atoms with Gasteiger partial charge < -0.3 is 11.1 Å². The summed E-state index contributed by atoms with van der Waals surface area (Å²) in [7, 11) is 0. The molecule has 3 N–H and O–H groups in total. The van der Waals surface area contributed by atoms with Gasteiger partial charge in [0.05, 0.1) is 12.6 Å². The van der Waals surface area contributed by atoms with Gasteiger partial charge in [0.15, 0.2) is 0 Å². The number of nitrogens with one attached hydrogen (secondary N) is 1. The molecule has 0 spiro atoms. The van der Waals surface area contributed by atoms with Crippen molar-refractivity contribution in [2.24, 2.45) is 5.73 Å². The summed E-state index contributed by atoms with van der Waals surface area (Å²) in [6.45, 7) is 4.24. The van der Waals surface area contributed by atoms with Crippen LogP contribution in [0.5, 0.6) is 0 Å². The van der Waals surface area contributed by atoms with Crippen molar-refractivity contribution < 1.29 is 4.79 Å². The molecule has 0 radical (unpaired) electrons. The highest BCUT2D eigenvalue weighted by Crippen LogP contribution is 2.18. The summed E-state index contributed by atoms with van der Waals surface area (Å²) >= 11 is 1.67. The molecule has 1 aliphatic rings. The van der Waals surface area contributed by atoms with Crippen molar-refractivity contribution in [1.82, 2.24) is 10.2 Å². The van der Waals surface area contributed by atoms with E-state index in [2.05, 4.69) is 10.2 Å². The summed E-state index contributed by atoms with van der Waals surface area (Å²) in [5, 5.41) is 5.04. The van der Waals surface area contributed by atoms with Gasteiger partial charge in [-0.2, -0.15) is 0 Å². The molecule has 1 fully saturated rings. The summed E-state index contributed by atoms with van der Waals surface area (Å²) in [6.07, 6.45) is 0.994. The second-order valence-electron chi connectivity index (χ2n) is 4.59. The zero-order chi connectivity index (χ0) is 12.3. The van der Waals surface area contributed by atoms with Crippen molar-refractivity contribution in [1.29, 1.82) is 0 Å². The van der Waals surface area contributed by atoms with Crippen LogP contribution in [-0.2, 0) is 4.79 Å². The van der Waals surface area contributed by atoms with Crippen molar-refractivity contribution in [2.45, 2.75) is 25.4 Å². The van der Waals surface area contributed by atoms with Crippen molar-refractivity contribution in [3.05, 3.63) is 22.4 Å². The van der Waals surface area contributed by atoms with E-state index in [1.807, 2.05) is 24.4 Å². The van der Waals surface area contributed by atoms with Gasteiger partial charge in [0, 0.05) is 24.0 Å². The third-order valence-electron chi connectivity index (χ3n) is 3.02. The van der Waals surface area contributed by atoms with Gasteiger partial charge in [-0.15, -0.1) is 11.3 Å². The van der Waals surface area contributed by atoms with Crippen LogP contribution in [0.25, 0.3) is 0 Å². The SMILES string of the molecule is CC(NC(=O)CN1CC[C@@H](N)C1)c1cccs1. The number of hydrogen-bond donors (Lipinski definition) is 2. The van der Waals surface area contributed by atoms with Gasteiger partial charge in [-0.1, -0.05) is 6.07 Å². The monoisotopic (exact) mass is 253 g/mol. The predicted molar refractivity (Wildman–Crippen MR) is 69.9 cm³/mol. The Morgan fingerprint density at radius 1 is 1.76 bits per heavy atom. The van der Waals surface area contributed by atoms with Crippen LogP contribution >= 0.6 is 11.3 Å². The van der Waals surface area contributed by atoms with Gasteiger partial charge >= 0.3 is 0 Å². The zero-order valence-corrected chi connectivity index (χ0v) is 10.9. The lowest BCUT2D eigenvalue weighted by atomic mass is 10.2. The first-order valence-electron chi connectivity index (χ1n) is 5.96. The molecular formula is C12H19N3OS. The lowest BCUT2D eigenvalue weighted by molar-refractivity contribution is -0.122. The topological polar surface area (TPSA) is 58.4 Å². The molecule has 0 aliphatic carbocycles. The predicted octanol–water partition coefficient (Wildman–Crippen LogP) is 0.958. The van der Waals surface area contributed by atoms with Crippen LogP contribution in [0.3, 0.4) is 0 Å². The number of hydrogen-bond acceptors (Lipinski definition) is 4. The van der Waals surface area contributed by atoms with Crippen LogP contribution in [0, 0.1) is 0 Å². The van der Waals surface area contributed by atoms with E-state index in [-0.39, 0.29) is 18.0 Å². The molecule has 5 heteroatoms. The summed E-state index contributed by atoms with van der Waals surface area (Å²) in [4.78, 5) is 15.1. The Kier molecular flexibility index (Phi) is 4.15. The van der Waals surface area contributed by atoms with Crippen LogP contribution in [0.15, 0.2) is 17.5 Å². The molecule has 0 aromatic carbocycles. The largest absolute Gasteiger partial charge is 0.348 e. The normalized spacial score (nSPS) is 22.6. The molecular weight excluding hydrogens is 234 g/mol. The molecule has 17 heavy (non-hydrogen) atoms. The minimum atomic E-state index is 0.0833. The first-order chi connectivity index (χ1) is 8.15. The smallest absolute Gasteiger partial charge is 0.234 e. The molecule has 1 saturated heterocycles. The highest BCUT2D eigenvalue weighted by atomic mass is 32.1. The molecule has 2 heterocycles. The van der Waals surface area contributed by atoms with E-state index < -0.39 is 0 Å². The Hall–Kier alpha value is -0.910. The van der Waals surface area contributed by atoms with Crippen molar-refractivity contribution in [2.75, 3.05) is 19.6 Å². The molecule has 94 valence electrons. The quantitative estimate of drug-likeness (QED) is 0.840. The second-order valence-corrected chi connectivity index (χ2v) is 5.57. The fraction of sp³-hybridized carbons (Fsp3) is 0.583. The molecule has 4 nitrogen and oxygen atoms in total. The maximum absolute atomic E-state index is 11.8. The lowest BCUT2D eigenvalue weighted by Gasteiger charge is -2.17. The number of amides is 1. The number of carbonyl (C=O) groups excluding carboxylic acids is 1. The number of likely N-dealkylation sites (tertiary alicyclic amines) is 1. The molecule has 1 amide bonds. The van der Waals surface area contributed by atoms with Crippen LogP contribution < -0.4 is 11.1 Å². The van der Waals surface area contributed by atoms with Gasteiger partial charge in [-0.05, 0) is 24.8 Å². The van der Waals surface area contributed by atoms with Crippen LogP contribution in [0.2, 0.25) is 0 Å². The number of carbonyl (C=O) groups is 1. The van der Waals surface area contributed by atoms with Gasteiger partial charge in [0.1, 0.15) is 0 Å². The minimum Gasteiger partial charge on any atom is -0.348 e. The van der Waals surface area contributed by atoms with E-state index in [9.17, 15) is 4.79 Å². The average Bonchev–Trinajstić information content (AvgIpc) is 2.89. The van der Waals surface area contributed by atoms with E-state index in [1.165, 1.54) is 4.88 Å². The maximum atomic E-state index is 11.8. The molecule has 2 atom stereocenters. The van der Waals surface area contributed by atoms with Crippen molar-refractivity contribution in [3.8, 4) is 0 Å². The molecule has 0 bridgehead atoms. The Morgan fingerprint density at radius 3 is 3.18 bits per heavy atom. The van der Waals surface area contributed by atoms with Crippen molar-refractivity contribution >= 4 is 17.2 Å². The summed E-state index contributed by atoms with van der Waals surface area (Å²) in [5.74, 6) is 0.0833. The van der Waals surface area contributed by atoms with E-state index in [1.54, 1.807) is 11.3 Å². The van der Waals surface area contributed by atoms with E-state index in [0.717, 1.165) is 19.5 Å². The Morgan fingerprint density at radius 2 is 2.59 bits per heavy atom. The molecule has 1 aromatic rings. The van der Waals surface area contributed by atoms with Crippen LogP contribution in [0.4, 0.5) is 0 Å². The van der Waals surface area contributed by atoms with Gasteiger partial charge in [-0.3, -0.25) is 9.69 Å². The van der Waals surface area contributed by atoms with Crippen molar-refractivity contribution in [3.63, 3.8) is 0 Å². The lowest BCUT2D eigenvalue weighted by Crippen LogP contribution is -2.38. The van der Waals surface area contributed by atoms with Gasteiger partial charge in [0.25, 0.3) is 0 Å². The number of rotatable bonds is 4. The second kappa shape index (κ2) is 5.62. The fourth-order valence-electron chi connectivity index (χ4n) is 2.11. The third-order valence-corrected chi connectivity index (χ3v) is 4.08. The Labute approximate surface area is 106 Å². The third kappa shape index (κ3) is 3.52. The highest BCUT2D eigenvalue weighted by molar-refractivity contribution is 7.10. The number of nitrogens with two attached hydrogens (primary N) is 1. The molecule has 2 rings (SSSR count). The first-order valence-corrected chi connectivity index (χ1v) is 6.84. The van der Waals surface area contributed by atoms with E-state index in [4.69, 9.17) is 5.73 Å². The fourth-order valence-corrected chi connectivity index (χ4v) is 2.84. The van der Waals surface area contributed by atoms with Gasteiger partial charge in [0.2, 0.25) is 5.91 Å². The first kappa shape index (κ1) is 12.5. The zero-order valence-electron chi connectivity index (χ0n) is 10.1. The average molecular weight is 253 g/mol. The van der Waals surface area contributed by atoms with Crippen LogP contribution in [0.1, 0.15) is 24.3 Å². The maximum Gasteiger partial charge on any atom is 0.234 e. The van der Waals surface area contributed by atoms with Crippen LogP contribution in [-0.4, -0.2) is 36.5 Å². The van der Waals surface area contributed by atoms with Gasteiger partial charge in [-0.25, -0.2) is 0 Å². The molecule has 1 aromatic heterocycles. The molecule has 1 unspecified atom stereocenters. The molecule has 0 saturated carbocycles. The summed E-state index contributed by atoms with van der Waals surface area (Å²) < 4.78 is 0. The Bertz CT molecular complexity index is 366. The summed E-state index contributed by atoms with van der Waals surface area (Å²) in [6, 6.07) is 4.38. The van der Waals surface area contributed by atoms with E-state index >= 15 is 0 Å². The highest BCUT2D eigenvalue weighted by Gasteiger charge is 2.21. The standard InChI is InChI=1S/C12H19N3OS/c1-9(11-3-2-6-17-11)14-12(16)8-15-5-4-10(13)7-15/h2-3,6,9-10H,4-5,7-8,13H2,1H3,(H,14,16)/t9?,10-/m1/s1. The Balaban J connectivity index is 1.77. The number of nitrogens with zero attached hydrogens (tertiary/aromatic N) is 1. The summed E-state index contributed by atoms with van der Waals surface area (Å²) in [5.41, 5.74) is 5.81. The minimum absolute atomic E-state index is 0.0833.